The topological polar surface area (TPSA) is 33.2 Å². The maximum absolute atomic E-state index is 12.8. The van der Waals surface area contributed by atoms with E-state index in [1.165, 1.54) is 18.3 Å². The van der Waals surface area contributed by atoms with Gasteiger partial charge in [-0.1, -0.05) is 18.2 Å². The van der Waals surface area contributed by atoms with E-state index < -0.39 is 11.7 Å². The Morgan fingerprint density at radius 2 is 2.04 bits per heavy atom. The Kier molecular flexibility index (Phi) is 4.07. The number of carbonyl (C=O) groups is 1. The monoisotopic (exact) mass is 320 g/mol. The molecule has 1 aliphatic rings. The molecule has 2 heterocycles. The third-order valence-electron chi connectivity index (χ3n) is 4.07. The first-order valence-electron chi connectivity index (χ1n) is 7.31. The van der Waals surface area contributed by atoms with Crippen LogP contribution in [0, 0.1) is 0 Å². The van der Waals surface area contributed by atoms with Gasteiger partial charge < -0.3 is 4.90 Å². The van der Waals surface area contributed by atoms with E-state index in [-0.39, 0.29) is 11.8 Å². The van der Waals surface area contributed by atoms with Gasteiger partial charge in [0.1, 0.15) is 0 Å². The molecule has 0 saturated carbocycles. The second-order valence-corrected chi connectivity index (χ2v) is 5.60. The number of hydrogen-bond donors (Lipinski definition) is 0. The van der Waals surface area contributed by atoms with Crippen molar-refractivity contribution in [1.82, 2.24) is 9.88 Å². The van der Waals surface area contributed by atoms with E-state index in [0.29, 0.717) is 30.6 Å². The summed E-state index contributed by atoms with van der Waals surface area (Å²) in [4.78, 5) is 17.9. The number of nitrogens with zero attached hydrogens (tertiary/aromatic N) is 2. The lowest BCUT2D eigenvalue weighted by atomic mass is 9.96. The van der Waals surface area contributed by atoms with Crippen LogP contribution < -0.4 is 0 Å². The molecule has 1 aromatic carbocycles. The van der Waals surface area contributed by atoms with Gasteiger partial charge in [-0.15, -0.1) is 0 Å². The molecule has 6 heteroatoms. The number of hydrogen-bond acceptors (Lipinski definition) is 2. The van der Waals surface area contributed by atoms with Gasteiger partial charge in [0.05, 0.1) is 11.1 Å². The second kappa shape index (κ2) is 6.02. The highest BCUT2D eigenvalue weighted by atomic mass is 19.4. The summed E-state index contributed by atoms with van der Waals surface area (Å²) < 4.78 is 38.4. The minimum atomic E-state index is -4.35. The molecule has 1 fully saturated rings. The Labute approximate surface area is 131 Å². The van der Waals surface area contributed by atoms with Crippen molar-refractivity contribution in [1.29, 1.82) is 0 Å². The van der Waals surface area contributed by atoms with Crippen molar-refractivity contribution in [3.63, 3.8) is 0 Å². The molecule has 0 N–H and O–H groups in total. The van der Waals surface area contributed by atoms with E-state index in [9.17, 15) is 18.0 Å². The quantitative estimate of drug-likeness (QED) is 0.845. The summed E-state index contributed by atoms with van der Waals surface area (Å²) in [6, 6.07) is 8.74. The van der Waals surface area contributed by atoms with Crippen molar-refractivity contribution in [2.45, 2.75) is 18.5 Å². The highest BCUT2D eigenvalue weighted by Gasteiger charge is 2.33. The predicted octanol–water partition coefficient (Wildman–Crippen LogP) is 3.73. The van der Waals surface area contributed by atoms with Gasteiger partial charge in [0, 0.05) is 31.4 Å². The van der Waals surface area contributed by atoms with Gasteiger partial charge in [-0.05, 0) is 30.2 Å². The summed E-state index contributed by atoms with van der Waals surface area (Å²) >= 11 is 0. The van der Waals surface area contributed by atoms with E-state index in [2.05, 4.69) is 4.98 Å². The molecule has 0 spiro atoms. The molecule has 1 atom stereocenters. The summed E-state index contributed by atoms with van der Waals surface area (Å²) in [5, 5.41) is 0. The maximum Gasteiger partial charge on any atom is 0.416 e. The van der Waals surface area contributed by atoms with Crippen molar-refractivity contribution in [3.8, 4) is 0 Å². The van der Waals surface area contributed by atoms with Crippen molar-refractivity contribution >= 4 is 5.91 Å². The summed E-state index contributed by atoms with van der Waals surface area (Å²) in [7, 11) is 0. The summed E-state index contributed by atoms with van der Waals surface area (Å²) in [6.45, 7) is 0.962. The first-order chi connectivity index (χ1) is 10.9. The van der Waals surface area contributed by atoms with Crippen LogP contribution in [0.5, 0.6) is 0 Å². The molecule has 0 aliphatic carbocycles. The fourth-order valence-corrected chi connectivity index (χ4v) is 2.86. The van der Waals surface area contributed by atoms with Gasteiger partial charge in [0.25, 0.3) is 5.91 Å². The van der Waals surface area contributed by atoms with Crippen molar-refractivity contribution in [3.05, 3.63) is 65.5 Å². The number of amides is 1. The molecule has 1 saturated heterocycles. The lowest BCUT2D eigenvalue weighted by molar-refractivity contribution is -0.137. The highest BCUT2D eigenvalue weighted by Crippen LogP contribution is 2.34. The van der Waals surface area contributed by atoms with Crippen LogP contribution in [0.2, 0.25) is 0 Å². The Morgan fingerprint density at radius 3 is 2.74 bits per heavy atom. The third-order valence-corrected chi connectivity index (χ3v) is 4.07. The number of alkyl halides is 3. The molecule has 1 unspecified atom stereocenters. The molecule has 1 aromatic heterocycles. The number of pyridine rings is 1. The first-order valence-corrected chi connectivity index (χ1v) is 7.31. The van der Waals surface area contributed by atoms with Crippen molar-refractivity contribution < 1.29 is 18.0 Å². The molecule has 23 heavy (non-hydrogen) atoms. The number of aromatic nitrogens is 1. The van der Waals surface area contributed by atoms with Crippen LogP contribution in [0.25, 0.3) is 0 Å². The number of rotatable bonds is 2. The largest absolute Gasteiger partial charge is 0.416 e. The first kappa shape index (κ1) is 15.5. The fraction of sp³-hybridized carbons (Fsp3) is 0.294. The van der Waals surface area contributed by atoms with Crippen LogP contribution >= 0.6 is 0 Å². The molecular formula is C17H15F3N2O. The van der Waals surface area contributed by atoms with E-state index in [1.807, 2.05) is 0 Å². The summed E-state index contributed by atoms with van der Waals surface area (Å²) in [5.41, 5.74) is 0.477. The third kappa shape index (κ3) is 3.36. The molecule has 3 nitrogen and oxygen atoms in total. The Bertz CT molecular complexity index is 700. The molecule has 1 aliphatic heterocycles. The van der Waals surface area contributed by atoms with Crippen LogP contribution in [0.3, 0.4) is 0 Å². The van der Waals surface area contributed by atoms with Gasteiger partial charge in [-0.2, -0.15) is 13.2 Å². The van der Waals surface area contributed by atoms with Gasteiger partial charge in [0.15, 0.2) is 0 Å². The molecule has 0 radical (unpaired) electrons. The highest BCUT2D eigenvalue weighted by molar-refractivity contribution is 5.94. The SMILES string of the molecule is O=C(c1cccnc1)N1CCC(c2cccc(C(F)(F)F)c2)C1. The number of halogens is 3. The zero-order valence-corrected chi connectivity index (χ0v) is 12.3. The second-order valence-electron chi connectivity index (χ2n) is 5.60. The lowest BCUT2D eigenvalue weighted by Gasteiger charge is -2.17. The van der Waals surface area contributed by atoms with Gasteiger partial charge in [0.2, 0.25) is 0 Å². The van der Waals surface area contributed by atoms with Crippen LogP contribution in [0.4, 0.5) is 13.2 Å². The number of likely N-dealkylation sites (tertiary alicyclic amines) is 1. The van der Waals surface area contributed by atoms with E-state index >= 15 is 0 Å². The van der Waals surface area contributed by atoms with Crippen LogP contribution in [-0.2, 0) is 6.18 Å². The normalized spacial score (nSPS) is 18.2. The molecule has 120 valence electrons. The molecule has 0 bridgehead atoms. The standard InChI is InChI=1S/C17H15F3N2O/c18-17(19,20)15-5-1-3-12(9-15)14-6-8-22(11-14)16(23)13-4-2-7-21-10-13/h1-5,7,9-10,14H,6,8,11H2. The molecule has 3 rings (SSSR count). The van der Waals surface area contributed by atoms with Gasteiger partial charge >= 0.3 is 6.18 Å². The van der Waals surface area contributed by atoms with E-state index in [0.717, 1.165) is 6.07 Å². The molecule has 1 amide bonds. The average molecular weight is 320 g/mol. The van der Waals surface area contributed by atoms with E-state index in [4.69, 9.17) is 0 Å². The summed E-state index contributed by atoms with van der Waals surface area (Å²) in [5.74, 6) is -0.203. The van der Waals surface area contributed by atoms with Crippen LogP contribution in [0.15, 0.2) is 48.8 Å². The zero-order chi connectivity index (χ0) is 16.4. The Balaban J connectivity index is 1.74. The minimum Gasteiger partial charge on any atom is -0.338 e. The smallest absolute Gasteiger partial charge is 0.338 e. The van der Waals surface area contributed by atoms with Gasteiger partial charge in [-0.25, -0.2) is 0 Å². The minimum absolute atomic E-state index is 0.0714. The molecule has 2 aromatic rings. The van der Waals surface area contributed by atoms with Gasteiger partial charge in [-0.3, -0.25) is 9.78 Å². The number of benzene rings is 1. The maximum atomic E-state index is 12.8. The lowest BCUT2D eigenvalue weighted by Crippen LogP contribution is -2.28. The number of carbonyl (C=O) groups excluding carboxylic acids is 1. The van der Waals surface area contributed by atoms with Crippen molar-refractivity contribution in [2.24, 2.45) is 0 Å². The molecular weight excluding hydrogens is 305 g/mol. The van der Waals surface area contributed by atoms with Crippen LogP contribution in [-0.4, -0.2) is 28.9 Å². The fourth-order valence-electron chi connectivity index (χ4n) is 2.86. The Morgan fingerprint density at radius 1 is 1.22 bits per heavy atom. The predicted molar refractivity (Wildman–Crippen MR) is 78.9 cm³/mol. The van der Waals surface area contributed by atoms with Crippen molar-refractivity contribution in [2.75, 3.05) is 13.1 Å². The Hall–Kier alpha value is -2.37. The summed E-state index contributed by atoms with van der Waals surface area (Å²) in [6.07, 6.45) is -0.598. The van der Waals surface area contributed by atoms with Crippen LogP contribution in [0.1, 0.15) is 33.8 Å². The van der Waals surface area contributed by atoms with E-state index in [1.54, 1.807) is 29.3 Å². The average Bonchev–Trinajstić information content (AvgIpc) is 3.04. The zero-order valence-electron chi connectivity index (χ0n) is 12.3.